The van der Waals surface area contributed by atoms with Crippen LogP contribution in [0.25, 0.3) is 0 Å². The Bertz CT molecular complexity index is 1450. The maximum atomic E-state index is 7.02. The Kier molecular flexibility index (Phi) is 5.18. The minimum Gasteiger partial charge on any atom is -0.467 e. The molecule has 0 radical (unpaired) electrons. The van der Waals surface area contributed by atoms with Crippen LogP contribution in [0, 0.1) is 0 Å². The quantitative estimate of drug-likeness (QED) is 0.363. The summed E-state index contributed by atoms with van der Waals surface area (Å²) >= 11 is 0. The van der Waals surface area contributed by atoms with Crippen LogP contribution in [-0.2, 0) is 10.8 Å². The number of likely N-dealkylation sites (N-methyl/N-ethyl adjacent to an activating group) is 2. The lowest BCUT2D eigenvalue weighted by atomic mass is 9.70. The molecule has 0 amide bonds. The fraction of sp³-hybridized carbons (Fsp3) is 0.353. The minimum absolute atomic E-state index is 0.0355. The molecule has 0 aliphatic carbocycles. The summed E-state index contributed by atoms with van der Waals surface area (Å²) in [5.74, 6) is 1.26. The molecule has 190 valence electrons. The van der Waals surface area contributed by atoms with Crippen LogP contribution in [0.4, 0.5) is 11.4 Å². The van der Waals surface area contributed by atoms with E-state index in [0.29, 0.717) is 0 Å². The van der Waals surface area contributed by atoms with Crippen molar-refractivity contribution in [2.45, 2.75) is 63.5 Å². The molecule has 3 aromatic carbocycles. The van der Waals surface area contributed by atoms with E-state index in [1.54, 1.807) is 0 Å². The second-order valence-electron chi connectivity index (χ2n) is 12.0. The third-order valence-electron chi connectivity index (χ3n) is 9.51. The third kappa shape index (κ3) is 3.19. The van der Waals surface area contributed by atoms with Crippen molar-refractivity contribution in [3.05, 3.63) is 113 Å². The highest BCUT2D eigenvalue weighted by Crippen LogP contribution is 2.58. The van der Waals surface area contributed by atoms with Crippen LogP contribution in [0.2, 0.25) is 0 Å². The zero-order chi connectivity index (χ0) is 26.2. The van der Waals surface area contributed by atoms with Crippen molar-refractivity contribution < 1.29 is 4.74 Å². The van der Waals surface area contributed by atoms with Crippen LogP contribution in [0.3, 0.4) is 0 Å². The molecule has 2 atom stereocenters. The van der Waals surface area contributed by atoms with Crippen LogP contribution >= 0.6 is 0 Å². The van der Waals surface area contributed by atoms with Gasteiger partial charge in [-0.3, -0.25) is 0 Å². The summed E-state index contributed by atoms with van der Waals surface area (Å²) in [5, 5.41) is 0. The Morgan fingerprint density at radius 1 is 0.838 bits per heavy atom. The van der Waals surface area contributed by atoms with Crippen LogP contribution in [0.1, 0.15) is 63.6 Å². The van der Waals surface area contributed by atoms with Gasteiger partial charge in [0, 0.05) is 54.5 Å². The van der Waals surface area contributed by atoms with E-state index in [-0.39, 0.29) is 16.7 Å². The van der Waals surface area contributed by atoms with Gasteiger partial charge < -0.3 is 14.5 Å². The second-order valence-corrected chi connectivity index (χ2v) is 12.0. The number of para-hydroxylation sites is 3. The average molecular weight is 491 g/mol. The standard InChI is InChI=1S/C34H38N2O/c1-23(20-21-31-32(2,3)26-15-9-11-17-28(26)35(31)6)25-22-34(37-30-19-13-8-14-24(25)30)33(4,5)27-16-10-12-18-29(27)36(34)7/h8-21,25H,22H2,1-7H3/b23-20+,31-21-. The van der Waals surface area contributed by atoms with Crippen molar-refractivity contribution >= 4 is 11.4 Å². The average Bonchev–Trinajstić information content (AvgIpc) is 3.19. The molecule has 3 nitrogen and oxygen atoms in total. The van der Waals surface area contributed by atoms with E-state index in [2.05, 4.69) is 143 Å². The first kappa shape index (κ1) is 23.9. The first-order valence-corrected chi connectivity index (χ1v) is 13.4. The lowest BCUT2D eigenvalue weighted by molar-refractivity contribution is -0.0114. The van der Waals surface area contributed by atoms with Crippen LogP contribution in [0.5, 0.6) is 5.75 Å². The number of allylic oxidation sites excluding steroid dienone is 4. The Labute approximate surface area is 222 Å². The van der Waals surface area contributed by atoms with E-state index in [4.69, 9.17) is 4.74 Å². The van der Waals surface area contributed by atoms with Gasteiger partial charge in [-0.2, -0.15) is 0 Å². The largest absolute Gasteiger partial charge is 0.467 e. The zero-order valence-corrected chi connectivity index (χ0v) is 23.2. The molecule has 3 aliphatic rings. The van der Waals surface area contributed by atoms with Crippen molar-refractivity contribution in [3.8, 4) is 5.75 Å². The second kappa shape index (κ2) is 8.02. The summed E-state index contributed by atoms with van der Waals surface area (Å²) in [6, 6.07) is 26.2. The molecule has 6 rings (SSSR count). The maximum Gasteiger partial charge on any atom is 0.192 e. The molecule has 1 spiro atoms. The van der Waals surface area contributed by atoms with Gasteiger partial charge in [-0.15, -0.1) is 0 Å². The lowest BCUT2D eigenvalue weighted by Gasteiger charge is -2.51. The van der Waals surface area contributed by atoms with Crippen LogP contribution in [-0.4, -0.2) is 19.8 Å². The van der Waals surface area contributed by atoms with E-state index < -0.39 is 5.72 Å². The zero-order valence-electron chi connectivity index (χ0n) is 23.2. The Morgan fingerprint density at radius 3 is 2.16 bits per heavy atom. The summed E-state index contributed by atoms with van der Waals surface area (Å²) in [5.41, 5.74) is 8.61. The molecule has 2 unspecified atom stereocenters. The number of fused-ring (bicyclic) bond motifs is 3. The summed E-state index contributed by atoms with van der Waals surface area (Å²) < 4.78 is 7.02. The molecule has 0 aromatic heterocycles. The Balaban J connectivity index is 1.43. The molecular formula is C34H38N2O. The van der Waals surface area contributed by atoms with Crippen molar-refractivity contribution in [3.63, 3.8) is 0 Å². The van der Waals surface area contributed by atoms with Crippen molar-refractivity contribution in [2.24, 2.45) is 0 Å². The highest BCUT2D eigenvalue weighted by atomic mass is 16.5. The maximum absolute atomic E-state index is 7.02. The molecule has 3 heterocycles. The number of rotatable bonds is 2. The fourth-order valence-electron chi connectivity index (χ4n) is 7.21. The van der Waals surface area contributed by atoms with Gasteiger partial charge in [-0.1, -0.05) is 80.1 Å². The van der Waals surface area contributed by atoms with Gasteiger partial charge in [0.25, 0.3) is 0 Å². The molecular weight excluding hydrogens is 452 g/mol. The van der Waals surface area contributed by atoms with Gasteiger partial charge in [0.05, 0.1) is 5.41 Å². The topological polar surface area (TPSA) is 15.7 Å². The Hall–Kier alpha value is -3.46. The molecule has 3 heteroatoms. The summed E-state index contributed by atoms with van der Waals surface area (Å²) in [6.07, 6.45) is 5.60. The molecule has 0 saturated heterocycles. The van der Waals surface area contributed by atoms with Gasteiger partial charge in [0.2, 0.25) is 0 Å². The van der Waals surface area contributed by atoms with E-state index >= 15 is 0 Å². The highest BCUT2D eigenvalue weighted by Gasteiger charge is 2.60. The number of anilines is 2. The van der Waals surface area contributed by atoms with Gasteiger partial charge in [-0.25, -0.2) is 0 Å². The highest BCUT2D eigenvalue weighted by molar-refractivity contribution is 5.70. The number of benzene rings is 3. The van der Waals surface area contributed by atoms with E-state index in [1.807, 2.05) is 0 Å². The first-order valence-electron chi connectivity index (χ1n) is 13.4. The summed E-state index contributed by atoms with van der Waals surface area (Å²) in [4.78, 5) is 4.74. The molecule has 0 saturated carbocycles. The van der Waals surface area contributed by atoms with Crippen LogP contribution in [0.15, 0.2) is 96.2 Å². The van der Waals surface area contributed by atoms with Crippen molar-refractivity contribution in [2.75, 3.05) is 23.9 Å². The fourth-order valence-corrected chi connectivity index (χ4v) is 7.21. The molecule has 0 N–H and O–H groups in total. The minimum atomic E-state index is -0.461. The molecule has 37 heavy (non-hydrogen) atoms. The number of hydrogen-bond acceptors (Lipinski definition) is 3. The third-order valence-corrected chi connectivity index (χ3v) is 9.51. The predicted molar refractivity (Wildman–Crippen MR) is 155 cm³/mol. The SMILES string of the molecule is C/C(=C\C=C1/N(C)c2ccccc2C1(C)C)C1CC2(Oc3ccccc31)N(C)c1ccccc1C2(C)C. The van der Waals surface area contributed by atoms with Gasteiger partial charge in [-0.05, 0) is 56.2 Å². The van der Waals surface area contributed by atoms with Gasteiger partial charge in [0.1, 0.15) is 5.75 Å². The summed E-state index contributed by atoms with van der Waals surface area (Å²) in [6.45, 7) is 11.6. The predicted octanol–water partition coefficient (Wildman–Crippen LogP) is 7.93. The smallest absolute Gasteiger partial charge is 0.192 e. The molecule has 0 fully saturated rings. The van der Waals surface area contributed by atoms with E-state index in [0.717, 1.165) is 12.2 Å². The van der Waals surface area contributed by atoms with Crippen molar-refractivity contribution in [1.29, 1.82) is 0 Å². The number of ether oxygens (including phenoxy) is 1. The lowest BCUT2D eigenvalue weighted by Crippen LogP contribution is -2.61. The molecule has 3 aromatic rings. The van der Waals surface area contributed by atoms with Gasteiger partial charge in [0.15, 0.2) is 5.72 Å². The molecule has 0 bridgehead atoms. The van der Waals surface area contributed by atoms with Crippen molar-refractivity contribution in [1.82, 2.24) is 0 Å². The number of hydrogen-bond donors (Lipinski definition) is 0. The van der Waals surface area contributed by atoms with Gasteiger partial charge >= 0.3 is 0 Å². The normalized spacial score (nSPS) is 26.2. The Morgan fingerprint density at radius 2 is 1.46 bits per heavy atom. The first-order chi connectivity index (χ1) is 17.6. The summed E-state index contributed by atoms with van der Waals surface area (Å²) in [7, 11) is 4.39. The molecule has 3 aliphatic heterocycles. The van der Waals surface area contributed by atoms with Crippen LogP contribution < -0.4 is 14.5 Å². The van der Waals surface area contributed by atoms with E-state index in [1.165, 1.54) is 39.3 Å². The monoisotopic (exact) mass is 490 g/mol. The number of nitrogens with zero attached hydrogens (tertiary/aromatic N) is 2. The van der Waals surface area contributed by atoms with E-state index in [9.17, 15) is 0 Å².